The number of benzene rings is 1. The van der Waals surface area contributed by atoms with Gasteiger partial charge in [-0.15, -0.1) is 0 Å². The standard InChI is InChI=1S/C11H17NO2S/c1-7-6-10(14-5)8(2)9(3)11(7)15(13)12-4/h6,12H,1-5H3. The molecule has 0 heterocycles. The number of rotatable bonds is 3. The zero-order chi connectivity index (χ0) is 11.6. The van der Waals surface area contributed by atoms with Crippen molar-refractivity contribution in [3.8, 4) is 5.75 Å². The van der Waals surface area contributed by atoms with Crippen LogP contribution in [-0.2, 0) is 11.0 Å². The number of ether oxygens (including phenoxy) is 1. The fourth-order valence-corrected chi connectivity index (χ4v) is 2.61. The quantitative estimate of drug-likeness (QED) is 0.856. The highest BCUT2D eigenvalue weighted by atomic mass is 32.2. The molecular formula is C11H17NO2S. The Bertz CT molecular complexity index is 402. The average molecular weight is 227 g/mol. The molecule has 1 atom stereocenters. The van der Waals surface area contributed by atoms with Gasteiger partial charge in [-0.25, -0.2) is 8.93 Å². The Kier molecular flexibility index (Phi) is 3.88. The normalized spacial score (nSPS) is 12.6. The van der Waals surface area contributed by atoms with Crippen LogP contribution in [0.5, 0.6) is 5.75 Å². The first-order chi connectivity index (χ1) is 7.02. The summed E-state index contributed by atoms with van der Waals surface area (Å²) in [6.07, 6.45) is 0. The van der Waals surface area contributed by atoms with E-state index >= 15 is 0 Å². The van der Waals surface area contributed by atoms with E-state index in [0.29, 0.717) is 0 Å². The van der Waals surface area contributed by atoms with Gasteiger partial charge in [0.2, 0.25) is 0 Å². The molecule has 0 radical (unpaired) electrons. The van der Waals surface area contributed by atoms with Crippen LogP contribution in [0.1, 0.15) is 16.7 Å². The van der Waals surface area contributed by atoms with Crippen molar-refractivity contribution in [3.05, 3.63) is 22.8 Å². The molecule has 0 aromatic heterocycles. The molecular weight excluding hydrogens is 210 g/mol. The van der Waals surface area contributed by atoms with Gasteiger partial charge in [0.05, 0.1) is 12.0 Å². The minimum Gasteiger partial charge on any atom is -0.496 e. The van der Waals surface area contributed by atoms with Crippen LogP contribution < -0.4 is 9.46 Å². The van der Waals surface area contributed by atoms with Crippen LogP contribution in [0, 0.1) is 20.8 Å². The van der Waals surface area contributed by atoms with Crippen LogP contribution >= 0.6 is 0 Å². The molecule has 0 aliphatic heterocycles. The third-order valence-electron chi connectivity index (χ3n) is 2.57. The van der Waals surface area contributed by atoms with E-state index < -0.39 is 11.0 Å². The summed E-state index contributed by atoms with van der Waals surface area (Å²) in [5.41, 5.74) is 3.06. The van der Waals surface area contributed by atoms with Gasteiger partial charge in [0.25, 0.3) is 0 Å². The first-order valence-electron chi connectivity index (χ1n) is 4.76. The third kappa shape index (κ3) is 2.21. The number of nitrogens with one attached hydrogen (secondary N) is 1. The molecule has 0 aliphatic carbocycles. The molecule has 0 spiro atoms. The molecule has 1 rings (SSSR count). The Morgan fingerprint density at radius 3 is 2.33 bits per heavy atom. The molecule has 15 heavy (non-hydrogen) atoms. The van der Waals surface area contributed by atoms with Crippen molar-refractivity contribution in [2.24, 2.45) is 0 Å². The van der Waals surface area contributed by atoms with Crippen LogP contribution in [0.2, 0.25) is 0 Å². The van der Waals surface area contributed by atoms with Crippen molar-refractivity contribution < 1.29 is 8.95 Å². The topological polar surface area (TPSA) is 38.3 Å². The maximum atomic E-state index is 11.8. The lowest BCUT2D eigenvalue weighted by Gasteiger charge is -2.14. The maximum absolute atomic E-state index is 11.8. The number of hydrogen-bond donors (Lipinski definition) is 1. The molecule has 0 bridgehead atoms. The maximum Gasteiger partial charge on any atom is 0.125 e. The lowest BCUT2D eigenvalue weighted by Crippen LogP contribution is -2.14. The van der Waals surface area contributed by atoms with Crippen LogP contribution in [0.15, 0.2) is 11.0 Å². The van der Waals surface area contributed by atoms with E-state index in [2.05, 4.69) is 4.72 Å². The van der Waals surface area contributed by atoms with Gasteiger partial charge in [0.1, 0.15) is 16.7 Å². The summed E-state index contributed by atoms with van der Waals surface area (Å²) in [6, 6.07) is 1.92. The Balaban J connectivity index is 3.42. The largest absolute Gasteiger partial charge is 0.496 e. The van der Waals surface area contributed by atoms with Crippen LogP contribution in [-0.4, -0.2) is 18.4 Å². The predicted molar refractivity (Wildman–Crippen MR) is 62.7 cm³/mol. The van der Waals surface area contributed by atoms with Crippen LogP contribution in [0.4, 0.5) is 0 Å². The second kappa shape index (κ2) is 4.77. The molecule has 3 nitrogen and oxygen atoms in total. The van der Waals surface area contributed by atoms with Crippen molar-refractivity contribution in [1.82, 2.24) is 4.72 Å². The summed E-state index contributed by atoms with van der Waals surface area (Å²) in [5.74, 6) is 0.849. The molecule has 0 amide bonds. The number of methoxy groups -OCH3 is 1. The molecule has 1 unspecified atom stereocenters. The van der Waals surface area contributed by atoms with E-state index in [-0.39, 0.29) is 0 Å². The van der Waals surface area contributed by atoms with Gasteiger partial charge in [-0.1, -0.05) is 0 Å². The zero-order valence-corrected chi connectivity index (χ0v) is 10.6. The summed E-state index contributed by atoms with van der Waals surface area (Å²) in [6.45, 7) is 5.89. The van der Waals surface area contributed by atoms with Crippen LogP contribution in [0.25, 0.3) is 0 Å². The highest BCUT2D eigenvalue weighted by molar-refractivity contribution is 7.83. The Labute approximate surface area is 93.4 Å². The van der Waals surface area contributed by atoms with Gasteiger partial charge in [0.15, 0.2) is 0 Å². The van der Waals surface area contributed by atoms with Gasteiger partial charge in [0, 0.05) is 0 Å². The minimum absolute atomic E-state index is 0.849. The molecule has 0 fully saturated rings. The molecule has 1 aromatic rings. The van der Waals surface area contributed by atoms with Crippen molar-refractivity contribution in [3.63, 3.8) is 0 Å². The van der Waals surface area contributed by atoms with E-state index in [1.54, 1.807) is 14.2 Å². The number of aryl methyl sites for hydroxylation is 1. The van der Waals surface area contributed by atoms with E-state index in [1.165, 1.54) is 0 Å². The lowest BCUT2D eigenvalue weighted by molar-refractivity contribution is 0.410. The van der Waals surface area contributed by atoms with Crippen molar-refractivity contribution in [1.29, 1.82) is 0 Å². The number of hydrogen-bond acceptors (Lipinski definition) is 2. The predicted octanol–water partition coefficient (Wildman–Crippen LogP) is 1.86. The molecule has 0 saturated heterocycles. The highest BCUT2D eigenvalue weighted by Gasteiger charge is 2.14. The molecule has 0 aliphatic rings. The van der Waals surface area contributed by atoms with Gasteiger partial charge in [-0.05, 0) is 50.6 Å². The minimum atomic E-state index is -1.14. The molecule has 4 heteroatoms. The van der Waals surface area contributed by atoms with Crippen molar-refractivity contribution >= 4 is 11.0 Å². The van der Waals surface area contributed by atoms with E-state index in [0.717, 1.165) is 27.3 Å². The van der Waals surface area contributed by atoms with E-state index in [1.807, 2.05) is 26.8 Å². The lowest BCUT2D eigenvalue weighted by atomic mass is 10.1. The molecule has 84 valence electrons. The first-order valence-corrected chi connectivity index (χ1v) is 5.91. The van der Waals surface area contributed by atoms with Gasteiger partial charge in [-0.2, -0.15) is 0 Å². The average Bonchev–Trinajstić information content (AvgIpc) is 2.23. The SMILES string of the molecule is CNS(=O)c1c(C)cc(OC)c(C)c1C. The molecule has 1 aromatic carbocycles. The van der Waals surface area contributed by atoms with Gasteiger partial charge >= 0.3 is 0 Å². The Morgan fingerprint density at radius 1 is 1.27 bits per heavy atom. The fraction of sp³-hybridized carbons (Fsp3) is 0.455. The Hall–Kier alpha value is -0.870. The monoisotopic (exact) mass is 227 g/mol. The van der Waals surface area contributed by atoms with Crippen molar-refractivity contribution in [2.75, 3.05) is 14.2 Å². The summed E-state index contributed by atoms with van der Waals surface area (Å²) < 4.78 is 19.8. The van der Waals surface area contributed by atoms with Gasteiger partial charge in [-0.3, -0.25) is 0 Å². The van der Waals surface area contributed by atoms with E-state index in [4.69, 9.17) is 4.74 Å². The first kappa shape index (κ1) is 12.2. The summed E-state index contributed by atoms with van der Waals surface area (Å²) in [4.78, 5) is 0.857. The van der Waals surface area contributed by atoms with Crippen molar-refractivity contribution in [2.45, 2.75) is 25.7 Å². The Morgan fingerprint density at radius 2 is 1.87 bits per heavy atom. The summed E-state index contributed by atoms with van der Waals surface area (Å²) in [7, 11) is 2.20. The highest BCUT2D eigenvalue weighted by Crippen LogP contribution is 2.28. The van der Waals surface area contributed by atoms with E-state index in [9.17, 15) is 4.21 Å². The molecule has 1 N–H and O–H groups in total. The fourth-order valence-electron chi connectivity index (χ4n) is 1.62. The summed E-state index contributed by atoms with van der Waals surface area (Å²) >= 11 is 0. The van der Waals surface area contributed by atoms with Gasteiger partial charge < -0.3 is 4.74 Å². The smallest absolute Gasteiger partial charge is 0.125 e. The zero-order valence-electron chi connectivity index (χ0n) is 9.80. The molecule has 0 saturated carbocycles. The van der Waals surface area contributed by atoms with Crippen LogP contribution in [0.3, 0.4) is 0 Å². The second-order valence-corrected chi connectivity index (χ2v) is 4.80. The third-order valence-corrected chi connectivity index (χ3v) is 3.94. The second-order valence-electron chi connectivity index (χ2n) is 3.45. The summed E-state index contributed by atoms with van der Waals surface area (Å²) in [5, 5.41) is 0.